The van der Waals surface area contributed by atoms with Gasteiger partial charge in [-0.1, -0.05) is 12.1 Å². The van der Waals surface area contributed by atoms with Gasteiger partial charge in [0.05, 0.1) is 24.1 Å². The molecule has 1 aromatic carbocycles. The summed E-state index contributed by atoms with van der Waals surface area (Å²) in [6, 6.07) is 7.98. The topological polar surface area (TPSA) is 61.8 Å². The molecule has 2 unspecified atom stereocenters. The first-order chi connectivity index (χ1) is 11.2. The van der Waals surface area contributed by atoms with E-state index in [2.05, 4.69) is 16.3 Å². The molecule has 0 aromatic heterocycles. The Balaban J connectivity index is 1.46. The van der Waals surface area contributed by atoms with Crippen LogP contribution in [0, 0.1) is 11.3 Å². The average molecular weight is 316 g/mol. The van der Waals surface area contributed by atoms with E-state index in [1.54, 1.807) is 0 Å². The molecule has 124 valence electrons. The fourth-order valence-corrected chi connectivity index (χ4v) is 3.96. The first-order valence-corrected chi connectivity index (χ1v) is 8.59. The minimum absolute atomic E-state index is 0.0984. The number of carbonyl (C=O) groups excluding carboxylic acids is 1. The number of nitrogens with zero attached hydrogens (tertiary/aromatic N) is 1. The lowest BCUT2D eigenvalue weighted by Crippen LogP contribution is -2.36. The molecule has 1 aliphatic carbocycles. The Morgan fingerprint density at radius 2 is 2.09 bits per heavy atom. The van der Waals surface area contributed by atoms with Crippen molar-refractivity contribution in [1.82, 2.24) is 0 Å². The zero-order chi connectivity index (χ0) is 15.9. The molecule has 2 saturated heterocycles. The maximum atomic E-state index is 12.6. The maximum Gasteiger partial charge on any atom is 0.228 e. The summed E-state index contributed by atoms with van der Waals surface area (Å²) in [6.45, 7) is 3.18. The molecule has 4 rings (SSSR count). The van der Waals surface area contributed by atoms with Crippen LogP contribution >= 0.6 is 0 Å². The molecule has 2 atom stereocenters. The van der Waals surface area contributed by atoms with Crippen LogP contribution in [0.15, 0.2) is 24.3 Å². The molecule has 1 spiro atoms. The lowest BCUT2D eigenvalue weighted by atomic mass is 10.0. The van der Waals surface area contributed by atoms with Gasteiger partial charge in [-0.25, -0.2) is 0 Å². The van der Waals surface area contributed by atoms with Crippen LogP contribution in [0.3, 0.4) is 0 Å². The van der Waals surface area contributed by atoms with E-state index >= 15 is 0 Å². The summed E-state index contributed by atoms with van der Waals surface area (Å²) in [6.07, 6.45) is 3.34. The highest BCUT2D eigenvalue weighted by Crippen LogP contribution is 2.58. The number of aliphatic hydroxyl groups is 1. The van der Waals surface area contributed by atoms with Gasteiger partial charge in [0.1, 0.15) is 0 Å². The monoisotopic (exact) mass is 316 g/mol. The van der Waals surface area contributed by atoms with Gasteiger partial charge in [0, 0.05) is 31.0 Å². The van der Waals surface area contributed by atoms with E-state index in [1.807, 2.05) is 18.2 Å². The van der Waals surface area contributed by atoms with Crippen molar-refractivity contribution in [2.45, 2.75) is 31.8 Å². The number of amides is 1. The fourth-order valence-electron chi connectivity index (χ4n) is 3.96. The van der Waals surface area contributed by atoms with E-state index in [0.29, 0.717) is 0 Å². The highest BCUT2D eigenvalue weighted by atomic mass is 16.5. The van der Waals surface area contributed by atoms with Crippen LogP contribution < -0.4 is 10.2 Å². The number of nitrogens with one attached hydrogen (secondary N) is 1. The third-order valence-corrected chi connectivity index (χ3v) is 5.61. The predicted molar refractivity (Wildman–Crippen MR) is 88.5 cm³/mol. The van der Waals surface area contributed by atoms with Crippen molar-refractivity contribution in [1.29, 1.82) is 0 Å². The summed E-state index contributed by atoms with van der Waals surface area (Å²) in [5.74, 6) is 0.223. The van der Waals surface area contributed by atoms with Gasteiger partial charge in [0.25, 0.3) is 0 Å². The maximum absolute atomic E-state index is 12.6. The molecule has 1 aromatic rings. The minimum Gasteiger partial charge on any atom is -0.393 e. The molecule has 5 heteroatoms. The van der Waals surface area contributed by atoms with Crippen molar-refractivity contribution in [3.8, 4) is 0 Å². The second kappa shape index (κ2) is 5.80. The first-order valence-electron chi connectivity index (χ1n) is 8.59. The quantitative estimate of drug-likeness (QED) is 0.895. The van der Waals surface area contributed by atoms with E-state index in [9.17, 15) is 9.90 Å². The van der Waals surface area contributed by atoms with Gasteiger partial charge in [0.2, 0.25) is 5.91 Å². The predicted octanol–water partition coefficient (Wildman–Crippen LogP) is 2.01. The number of hydrogen-bond donors (Lipinski definition) is 2. The van der Waals surface area contributed by atoms with E-state index < -0.39 is 0 Å². The van der Waals surface area contributed by atoms with Crippen molar-refractivity contribution in [2.75, 3.05) is 36.5 Å². The van der Waals surface area contributed by atoms with Crippen molar-refractivity contribution in [3.05, 3.63) is 24.3 Å². The van der Waals surface area contributed by atoms with E-state index in [4.69, 9.17) is 4.74 Å². The summed E-state index contributed by atoms with van der Waals surface area (Å²) < 4.78 is 5.47. The van der Waals surface area contributed by atoms with Crippen LogP contribution in [0.5, 0.6) is 0 Å². The van der Waals surface area contributed by atoms with E-state index in [0.717, 1.165) is 63.4 Å². The summed E-state index contributed by atoms with van der Waals surface area (Å²) in [4.78, 5) is 14.9. The van der Waals surface area contributed by atoms with Gasteiger partial charge in [-0.15, -0.1) is 0 Å². The van der Waals surface area contributed by atoms with Gasteiger partial charge in [-0.05, 0) is 37.8 Å². The Morgan fingerprint density at radius 1 is 1.30 bits per heavy atom. The van der Waals surface area contributed by atoms with Gasteiger partial charge in [-0.2, -0.15) is 0 Å². The standard InChI is InChI=1S/C18H24N2O3/c21-13-5-8-20(9-6-13)16-4-2-1-3-15(16)19-17(22)14-11-18(14)7-10-23-12-18/h1-4,13-14,21H,5-12H2,(H,19,22). The Hall–Kier alpha value is -1.59. The molecule has 2 aliphatic heterocycles. The molecule has 23 heavy (non-hydrogen) atoms. The van der Waals surface area contributed by atoms with Crippen LogP contribution in [0.25, 0.3) is 0 Å². The number of rotatable bonds is 3. The Bertz CT molecular complexity index is 590. The normalized spacial score (nSPS) is 30.7. The molecule has 3 aliphatic rings. The largest absolute Gasteiger partial charge is 0.393 e. The molecule has 3 fully saturated rings. The first kappa shape index (κ1) is 15.0. The van der Waals surface area contributed by atoms with Crippen molar-refractivity contribution < 1.29 is 14.6 Å². The van der Waals surface area contributed by atoms with E-state index in [1.165, 1.54) is 0 Å². The number of benzene rings is 1. The molecule has 0 bridgehead atoms. The number of hydrogen-bond acceptors (Lipinski definition) is 4. The van der Waals surface area contributed by atoms with Crippen molar-refractivity contribution >= 4 is 17.3 Å². The lowest BCUT2D eigenvalue weighted by Gasteiger charge is -2.32. The molecule has 2 heterocycles. The molecular weight excluding hydrogens is 292 g/mol. The molecule has 0 radical (unpaired) electrons. The van der Waals surface area contributed by atoms with Crippen LogP contribution in [-0.4, -0.2) is 43.4 Å². The van der Waals surface area contributed by atoms with Crippen LogP contribution in [0.4, 0.5) is 11.4 Å². The van der Waals surface area contributed by atoms with Crippen molar-refractivity contribution in [2.24, 2.45) is 11.3 Å². The van der Waals surface area contributed by atoms with Gasteiger partial charge in [-0.3, -0.25) is 4.79 Å². The lowest BCUT2D eigenvalue weighted by molar-refractivity contribution is -0.118. The number of aliphatic hydroxyl groups excluding tert-OH is 1. The fraction of sp³-hybridized carbons (Fsp3) is 0.611. The SMILES string of the molecule is O=C(Nc1ccccc1N1CCC(O)CC1)C1CC12CCOC2. The number of carbonyl (C=O) groups is 1. The second-order valence-electron chi connectivity index (χ2n) is 7.15. The highest BCUT2D eigenvalue weighted by Gasteiger charge is 2.59. The third kappa shape index (κ3) is 2.83. The molecular formula is C18H24N2O3. The van der Waals surface area contributed by atoms with Gasteiger partial charge in [0.15, 0.2) is 0 Å². The van der Waals surface area contributed by atoms with Crippen LogP contribution in [0.1, 0.15) is 25.7 Å². The number of ether oxygens (including phenoxy) is 1. The van der Waals surface area contributed by atoms with Gasteiger partial charge >= 0.3 is 0 Å². The molecule has 5 nitrogen and oxygen atoms in total. The van der Waals surface area contributed by atoms with Crippen molar-refractivity contribution in [3.63, 3.8) is 0 Å². The third-order valence-electron chi connectivity index (χ3n) is 5.61. The number of piperidine rings is 1. The van der Waals surface area contributed by atoms with Crippen LogP contribution in [0.2, 0.25) is 0 Å². The molecule has 2 N–H and O–H groups in total. The Kier molecular flexibility index (Phi) is 3.77. The number of para-hydroxylation sites is 2. The van der Waals surface area contributed by atoms with Gasteiger partial charge < -0.3 is 20.1 Å². The Labute approximate surface area is 136 Å². The second-order valence-corrected chi connectivity index (χ2v) is 7.15. The summed E-state index contributed by atoms with van der Waals surface area (Å²) in [7, 11) is 0. The minimum atomic E-state index is -0.193. The summed E-state index contributed by atoms with van der Waals surface area (Å²) >= 11 is 0. The average Bonchev–Trinajstić information content (AvgIpc) is 3.06. The summed E-state index contributed by atoms with van der Waals surface area (Å²) in [5.41, 5.74) is 2.06. The number of anilines is 2. The Morgan fingerprint density at radius 3 is 2.83 bits per heavy atom. The smallest absolute Gasteiger partial charge is 0.228 e. The molecule has 1 saturated carbocycles. The van der Waals surface area contributed by atoms with E-state index in [-0.39, 0.29) is 23.3 Å². The zero-order valence-corrected chi connectivity index (χ0v) is 13.3. The van der Waals surface area contributed by atoms with Crippen LogP contribution in [-0.2, 0) is 9.53 Å². The summed E-state index contributed by atoms with van der Waals surface area (Å²) in [5, 5.41) is 12.8. The molecule has 1 amide bonds. The zero-order valence-electron chi connectivity index (χ0n) is 13.3. The highest BCUT2D eigenvalue weighted by molar-refractivity contribution is 5.98.